The van der Waals surface area contributed by atoms with Crippen LogP contribution in [0.5, 0.6) is 0 Å². The molecule has 0 radical (unpaired) electrons. The Hall–Kier alpha value is -2.18. The summed E-state index contributed by atoms with van der Waals surface area (Å²) in [6.45, 7) is 7.71. The maximum absolute atomic E-state index is 12.9. The number of nitrogens with zero attached hydrogens (tertiary/aromatic N) is 4. The third-order valence-corrected chi connectivity index (χ3v) is 5.55. The number of fused-ring (bicyclic) bond motifs is 1. The van der Waals surface area contributed by atoms with Gasteiger partial charge in [0.2, 0.25) is 0 Å². The number of hydrogen-bond acceptors (Lipinski definition) is 4. The molecule has 0 unspecified atom stereocenters. The molecule has 144 valence electrons. The Bertz CT molecular complexity index is 872. The summed E-state index contributed by atoms with van der Waals surface area (Å²) in [5, 5.41) is 0. The van der Waals surface area contributed by atoms with Crippen LogP contribution in [0.3, 0.4) is 0 Å². The molecule has 3 heterocycles. The summed E-state index contributed by atoms with van der Waals surface area (Å²) >= 11 is 0. The fourth-order valence-electron chi connectivity index (χ4n) is 4.25. The number of benzene rings is 1. The van der Waals surface area contributed by atoms with E-state index in [0.717, 1.165) is 24.4 Å². The molecule has 27 heavy (non-hydrogen) atoms. The standard InChI is InChI=1S/C21H28N4O2/c1-16(2)25-18-9-5-4-8-17(18)22-19(25)14-24-12-13-27-21(15-24)10-6-7-11-23(3)20(21)26/h4-9,16H,10-15H2,1-3H3/t21-/m0/s1. The average Bonchev–Trinajstić information content (AvgIpc) is 2.96. The molecule has 6 heteroatoms. The molecule has 0 bridgehead atoms. The van der Waals surface area contributed by atoms with Crippen molar-refractivity contribution in [2.45, 2.75) is 38.5 Å². The lowest BCUT2D eigenvalue weighted by Crippen LogP contribution is -2.59. The summed E-state index contributed by atoms with van der Waals surface area (Å²) in [7, 11) is 1.85. The SMILES string of the molecule is CC(C)n1c(CN2CCO[C@@]3(CC=CCN(C)C3=O)C2)nc2ccccc21. The van der Waals surface area contributed by atoms with Crippen LogP contribution in [-0.4, -0.2) is 64.1 Å². The molecule has 0 N–H and O–H groups in total. The third kappa shape index (κ3) is 3.28. The molecule has 1 spiro atoms. The van der Waals surface area contributed by atoms with Crippen molar-refractivity contribution in [1.29, 1.82) is 0 Å². The van der Waals surface area contributed by atoms with E-state index in [1.807, 2.05) is 19.2 Å². The van der Waals surface area contributed by atoms with E-state index in [9.17, 15) is 4.79 Å². The van der Waals surface area contributed by atoms with Gasteiger partial charge in [0.25, 0.3) is 5.91 Å². The molecule has 2 aliphatic rings. The fourth-order valence-corrected chi connectivity index (χ4v) is 4.25. The van der Waals surface area contributed by atoms with E-state index in [0.29, 0.717) is 32.2 Å². The molecule has 0 saturated carbocycles. The van der Waals surface area contributed by atoms with Gasteiger partial charge in [0.1, 0.15) is 5.82 Å². The Labute approximate surface area is 160 Å². The van der Waals surface area contributed by atoms with Crippen molar-refractivity contribution in [3.63, 3.8) is 0 Å². The van der Waals surface area contributed by atoms with E-state index < -0.39 is 5.60 Å². The summed E-state index contributed by atoms with van der Waals surface area (Å²) in [5.41, 5.74) is 1.42. The third-order valence-electron chi connectivity index (χ3n) is 5.55. The molecule has 1 amide bonds. The molecular formula is C21H28N4O2. The van der Waals surface area contributed by atoms with Crippen LogP contribution < -0.4 is 0 Å². The number of rotatable bonds is 3. The lowest BCUT2D eigenvalue weighted by molar-refractivity contribution is -0.168. The molecule has 2 aromatic rings. The van der Waals surface area contributed by atoms with Gasteiger partial charge in [-0.3, -0.25) is 9.69 Å². The Morgan fingerprint density at radius 3 is 2.89 bits per heavy atom. The Kier molecular flexibility index (Phi) is 4.78. The minimum atomic E-state index is -0.769. The lowest BCUT2D eigenvalue weighted by Gasteiger charge is -2.42. The van der Waals surface area contributed by atoms with Crippen molar-refractivity contribution >= 4 is 16.9 Å². The molecule has 6 nitrogen and oxygen atoms in total. The molecule has 1 aromatic heterocycles. The van der Waals surface area contributed by atoms with Crippen LogP contribution in [-0.2, 0) is 16.1 Å². The first-order chi connectivity index (χ1) is 13.0. The first-order valence-electron chi connectivity index (χ1n) is 9.73. The number of morpholine rings is 1. The Morgan fingerprint density at radius 2 is 2.07 bits per heavy atom. The van der Waals surface area contributed by atoms with Gasteiger partial charge in [-0.1, -0.05) is 24.3 Å². The molecule has 1 atom stereocenters. The maximum atomic E-state index is 12.9. The molecule has 1 fully saturated rings. The van der Waals surface area contributed by atoms with E-state index in [-0.39, 0.29) is 5.91 Å². The van der Waals surface area contributed by atoms with Crippen molar-refractivity contribution in [3.8, 4) is 0 Å². The van der Waals surface area contributed by atoms with Crippen LogP contribution in [0.4, 0.5) is 0 Å². The van der Waals surface area contributed by atoms with Crippen LogP contribution >= 0.6 is 0 Å². The van der Waals surface area contributed by atoms with Gasteiger partial charge in [-0.2, -0.15) is 0 Å². The van der Waals surface area contributed by atoms with Gasteiger partial charge in [-0.15, -0.1) is 0 Å². The van der Waals surface area contributed by atoms with E-state index in [1.54, 1.807) is 4.90 Å². The van der Waals surface area contributed by atoms with Crippen LogP contribution in [0.1, 0.15) is 32.1 Å². The number of carbonyl (C=O) groups is 1. The Morgan fingerprint density at radius 1 is 1.26 bits per heavy atom. The summed E-state index contributed by atoms with van der Waals surface area (Å²) < 4.78 is 8.37. The minimum absolute atomic E-state index is 0.0783. The zero-order chi connectivity index (χ0) is 19.0. The Balaban J connectivity index is 1.62. The van der Waals surface area contributed by atoms with Gasteiger partial charge >= 0.3 is 0 Å². The monoisotopic (exact) mass is 368 g/mol. The molecule has 2 aliphatic heterocycles. The van der Waals surface area contributed by atoms with Crippen LogP contribution in [0.15, 0.2) is 36.4 Å². The predicted octanol–water partition coefficient (Wildman–Crippen LogP) is 2.61. The predicted molar refractivity (Wildman–Crippen MR) is 105 cm³/mol. The second-order valence-electron chi connectivity index (χ2n) is 7.90. The number of carbonyl (C=O) groups excluding carboxylic acids is 1. The van der Waals surface area contributed by atoms with Crippen molar-refractivity contribution in [1.82, 2.24) is 19.4 Å². The second-order valence-corrected chi connectivity index (χ2v) is 7.90. The highest BCUT2D eigenvalue weighted by molar-refractivity contribution is 5.86. The average molecular weight is 368 g/mol. The zero-order valence-electron chi connectivity index (χ0n) is 16.4. The lowest BCUT2D eigenvalue weighted by atomic mass is 9.95. The maximum Gasteiger partial charge on any atom is 0.256 e. The molecule has 0 aliphatic carbocycles. The van der Waals surface area contributed by atoms with E-state index in [2.05, 4.69) is 47.6 Å². The first-order valence-corrected chi connectivity index (χ1v) is 9.73. The summed E-state index contributed by atoms with van der Waals surface area (Å²) in [4.78, 5) is 21.9. The zero-order valence-corrected chi connectivity index (χ0v) is 16.4. The summed E-state index contributed by atoms with van der Waals surface area (Å²) in [6.07, 6.45) is 4.76. The number of imidazole rings is 1. The topological polar surface area (TPSA) is 50.6 Å². The van der Waals surface area contributed by atoms with Crippen molar-refractivity contribution in [2.75, 3.05) is 33.3 Å². The van der Waals surface area contributed by atoms with Gasteiger partial charge in [0.15, 0.2) is 5.60 Å². The highest BCUT2D eigenvalue weighted by Gasteiger charge is 2.45. The summed E-state index contributed by atoms with van der Waals surface area (Å²) in [6, 6.07) is 8.60. The number of amides is 1. The first kappa shape index (κ1) is 18.2. The van der Waals surface area contributed by atoms with Crippen LogP contribution in [0.2, 0.25) is 0 Å². The fraction of sp³-hybridized carbons (Fsp3) is 0.524. The van der Waals surface area contributed by atoms with Crippen LogP contribution in [0.25, 0.3) is 11.0 Å². The van der Waals surface area contributed by atoms with Crippen molar-refractivity contribution in [3.05, 3.63) is 42.2 Å². The minimum Gasteiger partial charge on any atom is -0.362 e. The van der Waals surface area contributed by atoms with Gasteiger partial charge in [0.05, 0.1) is 24.2 Å². The molecule has 1 aromatic carbocycles. The normalized spacial score (nSPS) is 24.3. The smallest absolute Gasteiger partial charge is 0.256 e. The largest absolute Gasteiger partial charge is 0.362 e. The molecule has 4 rings (SSSR count). The number of aromatic nitrogens is 2. The molecular weight excluding hydrogens is 340 g/mol. The van der Waals surface area contributed by atoms with E-state index in [4.69, 9.17) is 9.72 Å². The number of likely N-dealkylation sites (N-methyl/N-ethyl adjacent to an activating group) is 1. The van der Waals surface area contributed by atoms with Gasteiger partial charge in [0, 0.05) is 39.1 Å². The second kappa shape index (κ2) is 7.09. The molecule has 1 saturated heterocycles. The number of hydrogen-bond donors (Lipinski definition) is 0. The van der Waals surface area contributed by atoms with E-state index >= 15 is 0 Å². The van der Waals surface area contributed by atoms with E-state index in [1.165, 1.54) is 5.52 Å². The summed E-state index contributed by atoms with van der Waals surface area (Å²) in [5.74, 6) is 1.13. The van der Waals surface area contributed by atoms with Gasteiger partial charge in [-0.05, 0) is 26.0 Å². The number of ether oxygens (including phenoxy) is 1. The highest BCUT2D eigenvalue weighted by atomic mass is 16.5. The number of para-hydroxylation sites is 2. The van der Waals surface area contributed by atoms with Gasteiger partial charge < -0.3 is 14.2 Å². The van der Waals surface area contributed by atoms with Crippen molar-refractivity contribution in [2.24, 2.45) is 0 Å². The highest BCUT2D eigenvalue weighted by Crippen LogP contribution is 2.29. The van der Waals surface area contributed by atoms with Crippen LogP contribution in [0, 0.1) is 0 Å². The van der Waals surface area contributed by atoms with Crippen molar-refractivity contribution < 1.29 is 9.53 Å². The van der Waals surface area contributed by atoms with Gasteiger partial charge in [-0.25, -0.2) is 4.98 Å². The quantitative estimate of drug-likeness (QED) is 0.782.